The number of rotatable bonds is 1. The molecule has 1 N–H and O–H groups in total. The molecule has 19 heavy (non-hydrogen) atoms. The first-order valence-electron chi connectivity index (χ1n) is 5.05. The van der Waals surface area contributed by atoms with Crippen LogP contribution in [-0.2, 0) is 15.7 Å². The lowest BCUT2D eigenvalue weighted by Crippen LogP contribution is -2.39. The fourth-order valence-electron chi connectivity index (χ4n) is 1.55. The Balaban J connectivity index is 2.59. The van der Waals surface area contributed by atoms with Gasteiger partial charge >= 0.3 is 11.9 Å². The number of hydrogen-bond acceptors (Lipinski definition) is 4. The topological polar surface area (TPSA) is 81.2 Å². The van der Waals surface area contributed by atoms with E-state index >= 15 is 0 Å². The minimum Gasteiger partial charge on any atom is -0.346 e. The Morgan fingerprint density at radius 3 is 2.58 bits per heavy atom. The molecule has 2 heterocycles. The number of alkyl halides is 3. The van der Waals surface area contributed by atoms with Crippen LogP contribution < -0.4 is 11.2 Å². The molecule has 0 fully saturated rings. The third kappa shape index (κ3) is 2.50. The minimum absolute atomic E-state index is 0.0245. The molecule has 0 saturated heterocycles. The number of ketones is 1. The van der Waals surface area contributed by atoms with E-state index in [1.807, 2.05) is 0 Å². The highest BCUT2D eigenvalue weighted by Gasteiger charge is 2.36. The molecule has 0 aliphatic carbocycles. The summed E-state index contributed by atoms with van der Waals surface area (Å²) in [6.07, 6.45) is -3.70. The second-order valence-electron chi connectivity index (χ2n) is 3.70. The molecule has 1 aromatic rings. The molecule has 102 valence electrons. The molecule has 0 bridgehead atoms. The predicted molar refractivity (Wildman–Crippen MR) is 55.5 cm³/mol. The third-order valence-corrected chi connectivity index (χ3v) is 2.40. The van der Waals surface area contributed by atoms with Crippen LogP contribution in [-0.4, -0.2) is 21.9 Å². The van der Waals surface area contributed by atoms with Gasteiger partial charge in [-0.2, -0.15) is 13.2 Å². The molecule has 0 aromatic carbocycles. The molecule has 0 amide bonds. The number of aromatic nitrogens is 2. The molecule has 9 heteroatoms. The highest BCUT2D eigenvalue weighted by atomic mass is 19.4. The normalized spacial score (nSPS) is 19.7. The largest absolute Gasteiger partial charge is 0.423 e. The summed E-state index contributed by atoms with van der Waals surface area (Å²) in [5.74, 6) is -0.687. The fraction of sp³-hybridized carbons (Fsp3) is 0.300. The van der Waals surface area contributed by atoms with Crippen LogP contribution in [0.15, 0.2) is 27.9 Å². The van der Waals surface area contributed by atoms with E-state index in [1.54, 1.807) is 0 Å². The maximum Gasteiger partial charge on any atom is 0.423 e. The summed E-state index contributed by atoms with van der Waals surface area (Å²) in [5.41, 5.74) is -4.28. The lowest BCUT2D eigenvalue weighted by Gasteiger charge is -2.20. The lowest BCUT2D eigenvalue weighted by atomic mass is 10.2. The number of nitrogens with zero attached hydrogens (tertiary/aromatic N) is 1. The maximum absolute atomic E-state index is 12.5. The quantitative estimate of drug-likeness (QED) is 0.795. The Bertz CT molecular complexity index is 656. The second kappa shape index (κ2) is 4.50. The van der Waals surface area contributed by atoms with Crippen molar-refractivity contribution in [3.8, 4) is 0 Å². The van der Waals surface area contributed by atoms with Crippen molar-refractivity contribution in [2.24, 2.45) is 0 Å². The number of nitrogens with one attached hydrogen (secondary N) is 1. The number of carbonyl (C=O) groups is 1. The summed E-state index contributed by atoms with van der Waals surface area (Å²) in [6.45, 7) is -0.0245. The predicted octanol–water partition coefficient (Wildman–Crippen LogP) is 0.209. The molecular formula is C10H7F3N2O4. The van der Waals surface area contributed by atoms with Crippen LogP contribution in [0.3, 0.4) is 0 Å². The van der Waals surface area contributed by atoms with Gasteiger partial charge in [0, 0.05) is 6.20 Å². The molecule has 0 unspecified atom stereocenters. The van der Waals surface area contributed by atoms with E-state index in [0.29, 0.717) is 4.57 Å². The van der Waals surface area contributed by atoms with Gasteiger partial charge in [-0.15, -0.1) is 0 Å². The monoisotopic (exact) mass is 276 g/mol. The number of H-pyrrole nitrogens is 1. The van der Waals surface area contributed by atoms with Gasteiger partial charge in [-0.1, -0.05) is 6.08 Å². The summed E-state index contributed by atoms with van der Waals surface area (Å²) in [4.78, 5) is 35.5. The first kappa shape index (κ1) is 13.3. The molecule has 1 aliphatic rings. The van der Waals surface area contributed by atoms with E-state index in [1.165, 1.54) is 11.1 Å². The van der Waals surface area contributed by atoms with Crippen molar-refractivity contribution >= 4 is 5.78 Å². The smallest absolute Gasteiger partial charge is 0.346 e. The average Bonchev–Trinajstić information content (AvgIpc) is 2.29. The standard InChI is InChI=1S/C10H7F3N2O4/c11-10(12,13)5-4-15(9(18)14-7(5)17)8-6(16)2-1-3-19-8/h1-2,4,8H,3H2,(H,14,17,18)/t8-/m0/s1. The van der Waals surface area contributed by atoms with E-state index in [9.17, 15) is 27.6 Å². The van der Waals surface area contributed by atoms with E-state index in [2.05, 4.69) is 0 Å². The maximum atomic E-state index is 12.5. The van der Waals surface area contributed by atoms with Crippen molar-refractivity contribution in [3.63, 3.8) is 0 Å². The van der Waals surface area contributed by atoms with E-state index < -0.39 is 35.0 Å². The number of aromatic amines is 1. The van der Waals surface area contributed by atoms with Crippen LogP contribution in [0.4, 0.5) is 13.2 Å². The summed E-state index contributed by atoms with van der Waals surface area (Å²) >= 11 is 0. The minimum atomic E-state index is -4.93. The van der Waals surface area contributed by atoms with Crippen molar-refractivity contribution in [1.82, 2.24) is 9.55 Å². The van der Waals surface area contributed by atoms with Gasteiger partial charge in [0.05, 0.1) is 6.61 Å². The zero-order chi connectivity index (χ0) is 14.2. The highest BCUT2D eigenvalue weighted by molar-refractivity contribution is 5.92. The number of halogens is 3. The molecule has 1 aromatic heterocycles. The van der Waals surface area contributed by atoms with Gasteiger partial charge < -0.3 is 4.74 Å². The second-order valence-corrected chi connectivity index (χ2v) is 3.70. The van der Waals surface area contributed by atoms with Crippen LogP contribution in [0.25, 0.3) is 0 Å². The fourth-order valence-corrected chi connectivity index (χ4v) is 1.55. The van der Waals surface area contributed by atoms with Gasteiger partial charge in [-0.3, -0.25) is 19.1 Å². The first-order valence-corrected chi connectivity index (χ1v) is 5.05. The van der Waals surface area contributed by atoms with Crippen LogP contribution >= 0.6 is 0 Å². The molecule has 1 aliphatic heterocycles. The Labute approximate surface area is 103 Å². The molecule has 1 atom stereocenters. The molecular weight excluding hydrogens is 269 g/mol. The van der Waals surface area contributed by atoms with Crippen molar-refractivity contribution in [3.05, 3.63) is 44.8 Å². The zero-order valence-corrected chi connectivity index (χ0v) is 9.23. The molecule has 0 saturated carbocycles. The van der Waals surface area contributed by atoms with Crippen LogP contribution in [0.2, 0.25) is 0 Å². The summed E-state index contributed by atoms with van der Waals surface area (Å²) < 4.78 is 43.0. The summed E-state index contributed by atoms with van der Waals surface area (Å²) in [5, 5.41) is 0. The van der Waals surface area contributed by atoms with Gasteiger partial charge in [0.2, 0.25) is 12.0 Å². The number of hydrogen-bond donors (Lipinski definition) is 1. The summed E-state index contributed by atoms with van der Waals surface area (Å²) in [6, 6.07) is 0. The Morgan fingerprint density at radius 2 is 2.00 bits per heavy atom. The highest BCUT2D eigenvalue weighted by Crippen LogP contribution is 2.26. The molecule has 0 radical (unpaired) electrons. The van der Waals surface area contributed by atoms with E-state index in [0.717, 1.165) is 6.08 Å². The summed E-state index contributed by atoms with van der Waals surface area (Å²) in [7, 11) is 0. The zero-order valence-electron chi connectivity index (χ0n) is 9.23. The van der Waals surface area contributed by atoms with Crippen LogP contribution in [0, 0.1) is 0 Å². The van der Waals surface area contributed by atoms with Crippen molar-refractivity contribution in [2.75, 3.05) is 6.61 Å². The van der Waals surface area contributed by atoms with Gasteiger partial charge in [0.1, 0.15) is 5.56 Å². The van der Waals surface area contributed by atoms with Gasteiger partial charge in [0.15, 0.2) is 0 Å². The van der Waals surface area contributed by atoms with Crippen molar-refractivity contribution in [1.29, 1.82) is 0 Å². The molecule has 2 rings (SSSR count). The Hall–Kier alpha value is -2.16. The van der Waals surface area contributed by atoms with Gasteiger partial charge in [-0.05, 0) is 6.08 Å². The van der Waals surface area contributed by atoms with Gasteiger partial charge in [-0.25, -0.2) is 4.79 Å². The number of ether oxygens (including phenoxy) is 1. The van der Waals surface area contributed by atoms with Gasteiger partial charge in [0.25, 0.3) is 5.56 Å². The number of carbonyl (C=O) groups excluding carboxylic acids is 1. The lowest BCUT2D eigenvalue weighted by molar-refractivity contribution is -0.141. The first-order chi connectivity index (χ1) is 8.80. The Morgan fingerprint density at radius 1 is 1.32 bits per heavy atom. The van der Waals surface area contributed by atoms with Crippen LogP contribution in [0.1, 0.15) is 11.8 Å². The SMILES string of the molecule is O=C1C=CCO[C@@H]1n1cc(C(F)(F)F)c(=O)[nH]c1=O. The average molecular weight is 276 g/mol. The van der Waals surface area contributed by atoms with E-state index in [-0.39, 0.29) is 12.8 Å². The molecule has 6 nitrogen and oxygen atoms in total. The van der Waals surface area contributed by atoms with Crippen LogP contribution in [0.5, 0.6) is 0 Å². The Kier molecular flexibility index (Phi) is 3.14. The van der Waals surface area contributed by atoms with Crippen molar-refractivity contribution < 1.29 is 22.7 Å². The third-order valence-electron chi connectivity index (χ3n) is 2.40. The van der Waals surface area contributed by atoms with Crippen molar-refractivity contribution in [2.45, 2.75) is 12.4 Å². The van der Waals surface area contributed by atoms with E-state index in [4.69, 9.17) is 4.74 Å². The molecule has 0 spiro atoms.